The second-order valence-corrected chi connectivity index (χ2v) is 8.37. The predicted octanol–water partition coefficient (Wildman–Crippen LogP) is 4.41. The molecule has 0 unspecified atom stereocenters. The fourth-order valence-electron chi connectivity index (χ4n) is 4.34. The average Bonchev–Trinajstić information content (AvgIpc) is 3.28. The van der Waals surface area contributed by atoms with Crippen molar-refractivity contribution in [3.63, 3.8) is 0 Å². The van der Waals surface area contributed by atoms with Gasteiger partial charge in [0, 0.05) is 49.1 Å². The summed E-state index contributed by atoms with van der Waals surface area (Å²) in [4.78, 5) is 25.8. The van der Waals surface area contributed by atoms with Gasteiger partial charge in [-0.25, -0.2) is 9.97 Å². The van der Waals surface area contributed by atoms with E-state index in [0.29, 0.717) is 24.1 Å². The summed E-state index contributed by atoms with van der Waals surface area (Å²) in [5, 5.41) is 6.87. The van der Waals surface area contributed by atoms with E-state index in [1.165, 1.54) is 0 Å². The molecule has 3 aromatic rings. The molecule has 7 heteroatoms. The van der Waals surface area contributed by atoms with E-state index >= 15 is 0 Å². The van der Waals surface area contributed by atoms with Crippen LogP contribution in [0.1, 0.15) is 71.9 Å². The summed E-state index contributed by atoms with van der Waals surface area (Å²) < 4.78 is 5.13. The molecule has 1 aliphatic rings. The van der Waals surface area contributed by atoms with Crippen molar-refractivity contribution in [3.05, 3.63) is 59.3 Å². The van der Waals surface area contributed by atoms with Crippen LogP contribution in [0.3, 0.4) is 0 Å². The molecule has 1 fully saturated rings. The summed E-state index contributed by atoms with van der Waals surface area (Å²) >= 11 is 0. The first kappa shape index (κ1) is 21.2. The van der Waals surface area contributed by atoms with Gasteiger partial charge in [-0.1, -0.05) is 12.1 Å². The van der Waals surface area contributed by atoms with E-state index in [-0.39, 0.29) is 5.91 Å². The van der Waals surface area contributed by atoms with Crippen LogP contribution in [0, 0.1) is 19.8 Å². The fraction of sp³-hybridized carbons (Fsp3) is 0.458. The number of amides is 1. The molecule has 3 heterocycles. The van der Waals surface area contributed by atoms with Crippen LogP contribution in [0.2, 0.25) is 0 Å². The summed E-state index contributed by atoms with van der Waals surface area (Å²) in [5.74, 6) is 2.24. The first-order chi connectivity index (χ1) is 15.0. The van der Waals surface area contributed by atoms with Crippen molar-refractivity contribution in [2.24, 2.45) is 5.92 Å². The molecular weight excluding hydrogens is 390 g/mol. The highest BCUT2D eigenvalue weighted by Crippen LogP contribution is 2.39. The molecule has 0 saturated heterocycles. The van der Waals surface area contributed by atoms with E-state index in [4.69, 9.17) is 9.51 Å². The van der Waals surface area contributed by atoms with Crippen LogP contribution in [0.15, 0.2) is 35.2 Å². The Kier molecular flexibility index (Phi) is 6.39. The van der Waals surface area contributed by atoms with Gasteiger partial charge in [0.25, 0.3) is 5.91 Å². The van der Waals surface area contributed by atoms with Crippen LogP contribution < -0.4 is 5.32 Å². The highest BCUT2D eigenvalue weighted by atomic mass is 16.5. The van der Waals surface area contributed by atoms with Crippen LogP contribution in [0.4, 0.5) is 0 Å². The molecule has 0 spiro atoms. The largest absolute Gasteiger partial charge is 0.361 e. The van der Waals surface area contributed by atoms with Gasteiger partial charge in [-0.15, -0.1) is 0 Å². The van der Waals surface area contributed by atoms with Gasteiger partial charge in [0.05, 0.1) is 5.69 Å². The zero-order valence-electron chi connectivity index (χ0n) is 18.4. The van der Waals surface area contributed by atoms with E-state index in [1.807, 2.05) is 38.5 Å². The quantitative estimate of drug-likeness (QED) is 0.636. The SMILES string of the molecule is CCc1cc(C(=O)NCC2CCC(c3nc(C)ncc3-c3ccncc3C)CC2)no1. The first-order valence-corrected chi connectivity index (χ1v) is 11.0. The molecule has 0 atom stereocenters. The molecule has 0 bridgehead atoms. The van der Waals surface area contributed by atoms with Crippen molar-refractivity contribution in [3.8, 4) is 11.1 Å². The van der Waals surface area contributed by atoms with E-state index in [9.17, 15) is 4.79 Å². The lowest BCUT2D eigenvalue weighted by Gasteiger charge is -2.29. The number of hydrogen-bond acceptors (Lipinski definition) is 6. The molecular formula is C24H29N5O2. The van der Waals surface area contributed by atoms with Crippen molar-refractivity contribution < 1.29 is 9.32 Å². The number of nitrogens with zero attached hydrogens (tertiary/aromatic N) is 4. The Morgan fingerprint density at radius 1 is 1.16 bits per heavy atom. The van der Waals surface area contributed by atoms with Crippen LogP contribution in [0.5, 0.6) is 0 Å². The standard InChI is InChI=1S/C24H29N5O2/c1-4-19-11-22(29-31-19)24(30)27-13-17-5-7-18(8-6-17)23-21(14-26-16(3)28-23)20-9-10-25-12-15(20)2/h9-12,14,17-18H,4-8,13H2,1-3H3,(H,27,30). The Morgan fingerprint density at radius 3 is 2.68 bits per heavy atom. The monoisotopic (exact) mass is 419 g/mol. The van der Waals surface area contributed by atoms with Gasteiger partial charge >= 0.3 is 0 Å². The zero-order chi connectivity index (χ0) is 21.8. The molecule has 1 aliphatic carbocycles. The lowest BCUT2D eigenvalue weighted by atomic mass is 9.78. The fourth-order valence-corrected chi connectivity index (χ4v) is 4.34. The lowest BCUT2D eigenvalue weighted by molar-refractivity contribution is 0.0933. The van der Waals surface area contributed by atoms with Gasteiger partial charge in [0.2, 0.25) is 0 Å². The molecule has 162 valence electrons. The van der Waals surface area contributed by atoms with Gasteiger partial charge in [-0.2, -0.15) is 0 Å². The average molecular weight is 420 g/mol. The predicted molar refractivity (Wildman–Crippen MR) is 118 cm³/mol. The number of rotatable bonds is 6. The molecule has 0 radical (unpaired) electrons. The molecule has 1 amide bonds. The number of pyridine rings is 1. The highest BCUT2D eigenvalue weighted by Gasteiger charge is 2.27. The molecule has 31 heavy (non-hydrogen) atoms. The molecule has 1 N–H and O–H groups in total. The Bertz CT molecular complexity index is 1050. The van der Waals surface area contributed by atoms with Gasteiger partial charge in [0.1, 0.15) is 11.6 Å². The number of aryl methyl sites for hydroxylation is 3. The Labute approximate surface area is 182 Å². The lowest BCUT2D eigenvalue weighted by Crippen LogP contribution is -2.31. The van der Waals surface area contributed by atoms with Crippen LogP contribution in [-0.4, -0.2) is 32.6 Å². The number of hydrogen-bond donors (Lipinski definition) is 1. The summed E-state index contributed by atoms with van der Waals surface area (Å²) in [5.41, 5.74) is 4.89. The van der Waals surface area contributed by atoms with Crippen LogP contribution in [-0.2, 0) is 6.42 Å². The second kappa shape index (κ2) is 9.37. The third-order valence-electron chi connectivity index (χ3n) is 6.17. The van der Waals surface area contributed by atoms with Gasteiger partial charge in [-0.05, 0) is 62.6 Å². The van der Waals surface area contributed by atoms with Crippen molar-refractivity contribution in [2.45, 2.75) is 58.8 Å². The molecule has 1 saturated carbocycles. The van der Waals surface area contributed by atoms with Gasteiger partial charge in [-0.3, -0.25) is 9.78 Å². The summed E-state index contributed by atoms with van der Waals surface area (Å²) in [6.45, 7) is 6.66. The van der Waals surface area contributed by atoms with E-state index in [1.54, 1.807) is 6.07 Å². The van der Waals surface area contributed by atoms with Crippen molar-refractivity contribution >= 4 is 5.91 Å². The van der Waals surface area contributed by atoms with Crippen molar-refractivity contribution in [1.82, 2.24) is 25.4 Å². The molecule has 4 rings (SSSR count). The normalized spacial score (nSPS) is 18.7. The van der Waals surface area contributed by atoms with Crippen LogP contribution >= 0.6 is 0 Å². The summed E-state index contributed by atoms with van der Waals surface area (Å²) in [6.07, 6.45) is 10.6. The van der Waals surface area contributed by atoms with Gasteiger partial charge in [0.15, 0.2) is 5.69 Å². The molecule has 3 aromatic heterocycles. The highest BCUT2D eigenvalue weighted by molar-refractivity contribution is 5.92. The second-order valence-electron chi connectivity index (χ2n) is 8.37. The minimum Gasteiger partial charge on any atom is -0.361 e. The zero-order valence-corrected chi connectivity index (χ0v) is 18.4. The first-order valence-electron chi connectivity index (χ1n) is 11.0. The number of carbonyl (C=O) groups is 1. The number of aromatic nitrogens is 4. The van der Waals surface area contributed by atoms with Crippen molar-refractivity contribution in [1.29, 1.82) is 0 Å². The van der Waals surface area contributed by atoms with E-state index in [0.717, 1.165) is 66.1 Å². The molecule has 0 aromatic carbocycles. The molecule has 0 aliphatic heterocycles. The minimum absolute atomic E-state index is 0.160. The van der Waals surface area contributed by atoms with Crippen molar-refractivity contribution in [2.75, 3.05) is 6.54 Å². The third kappa shape index (κ3) is 4.81. The Morgan fingerprint density at radius 2 is 1.97 bits per heavy atom. The van der Waals surface area contributed by atoms with Gasteiger partial charge < -0.3 is 9.84 Å². The maximum absolute atomic E-state index is 12.3. The maximum atomic E-state index is 12.3. The maximum Gasteiger partial charge on any atom is 0.273 e. The summed E-state index contributed by atoms with van der Waals surface area (Å²) in [7, 11) is 0. The Hall–Kier alpha value is -3.09. The van der Waals surface area contributed by atoms with E-state index in [2.05, 4.69) is 27.4 Å². The number of nitrogens with one attached hydrogen (secondary N) is 1. The topological polar surface area (TPSA) is 93.8 Å². The smallest absolute Gasteiger partial charge is 0.273 e. The van der Waals surface area contributed by atoms with Crippen LogP contribution in [0.25, 0.3) is 11.1 Å². The Balaban J connectivity index is 1.39. The minimum atomic E-state index is -0.160. The molecule has 7 nitrogen and oxygen atoms in total. The summed E-state index contributed by atoms with van der Waals surface area (Å²) in [6, 6.07) is 3.76. The van der Waals surface area contributed by atoms with E-state index < -0.39 is 0 Å². The third-order valence-corrected chi connectivity index (χ3v) is 6.17. The number of carbonyl (C=O) groups excluding carboxylic acids is 1.